The summed E-state index contributed by atoms with van der Waals surface area (Å²) in [4.78, 5) is 4.81. The Morgan fingerprint density at radius 1 is 0.897 bits per heavy atom. The first-order chi connectivity index (χ1) is 14.1. The molecule has 150 valence electrons. The van der Waals surface area contributed by atoms with Crippen molar-refractivity contribution in [2.45, 2.75) is 19.0 Å². The lowest BCUT2D eigenvalue weighted by Gasteiger charge is -2.22. The molecule has 0 bridgehead atoms. The van der Waals surface area contributed by atoms with Gasteiger partial charge in [-0.15, -0.1) is 0 Å². The normalized spacial score (nSPS) is 16.4. The van der Waals surface area contributed by atoms with E-state index in [-0.39, 0.29) is 0 Å². The Morgan fingerprint density at radius 2 is 1.52 bits per heavy atom. The van der Waals surface area contributed by atoms with Gasteiger partial charge in [-0.05, 0) is 73.6 Å². The fourth-order valence-electron chi connectivity index (χ4n) is 3.85. The molecular formula is C25H28BrN3. The Balaban J connectivity index is 1.33. The van der Waals surface area contributed by atoms with Gasteiger partial charge in [-0.1, -0.05) is 52.3 Å². The van der Waals surface area contributed by atoms with E-state index in [0.29, 0.717) is 6.04 Å². The molecule has 0 radical (unpaired) electrons. The van der Waals surface area contributed by atoms with Crippen LogP contribution in [0.5, 0.6) is 0 Å². The molecule has 3 aromatic rings. The number of benzene rings is 3. The molecule has 3 nitrogen and oxygen atoms in total. The zero-order valence-corrected chi connectivity index (χ0v) is 18.7. The molecule has 1 saturated heterocycles. The first kappa shape index (κ1) is 20.0. The second-order valence-corrected chi connectivity index (χ2v) is 8.87. The molecule has 1 heterocycles. The summed E-state index contributed by atoms with van der Waals surface area (Å²) in [7, 11) is 4.35. The monoisotopic (exact) mass is 449 g/mol. The minimum absolute atomic E-state index is 0.660. The van der Waals surface area contributed by atoms with Gasteiger partial charge in [0.2, 0.25) is 0 Å². The van der Waals surface area contributed by atoms with Crippen LogP contribution in [0, 0.1) is 0 Å². The highest BCUT2D eigenvalue weighted by atomic mass is 79.9. The molecule has 0 aliphatic carbocycles. The highest BCUT2D eigenvalue weighted by molar-refractivity contribution is 9.10. The predicted octanol–water partition coefficient (Wildman–Crippen LogP) is 5.87. The second kappa shape index (κ2) is 9.02. The third kappa shape index (κ3) is 5.01. The average molecular weight is 450 g/mol. The lowest BCUT2D eigenvalue weighted by molar-refractivity contribution is 0.315. The first-order valence-corrected chi connectivity index (χ1v) is 11.0. The summed E-state index contributed by atoms with van der Waals surface area (Å²) in [5.41, 5.74) is 6.24. The minimum Gasteiger partial charge on any atom is -0.381 e. The molecule has 4 heteroatoms. The summed E-state index contributed by atoms with van der Waals surface area (Å²) in [6, 6.07) is 26.7. The van der Waals surface area contributed by atoms with Crippen LogP contribution < -0.4 is 10.2 Å². The van der Waals surface area contributed by atoms with Gasteiger partial charge in [0.15, 0.2) is 0 Å². The molecule has 1 aliphatic rings. The van der Waals surface area contributed by atoms with E-state index in [9.17, 15) is 0 Å². The summed E-state index contributed by atoms with van der Waals surface area (Å²) in [6.07, 6.45) is 1.24. The SMILES string of the molecule is CN(C)C1CCN(c2ccc(NCc3ccc(-c4ccc(Br)cc4)cc3)cc2)C1. The van der Waals surface area contributed by atoms with Crippen LogP contribution in [-0.2, 0) is 6.54 Å². The number of nitrogens with one attached hydrogen (secondary N) is 1. The number of anilines is 2. The maximum absolute atomic E-state index is 3.54. The van der Waals surface area contributed by atoms with Gasteiger partial charge in [0.1, 0.15) is 0 Å². The van der Waals surface area contributed by atoms with Gasteiger partial charge in [-0.2, -0.15) is 0 Å². The van der Waals surface area contributed by atoms with Crippen LogP contribution in [0.3, 0.4) is 0 Å². The van der Waals surface area contributed by atoms with Crippen molar-refractivity contribution in [3.8, 4) is 11.1 Å². The maximum Gasteiger partial charge on any atom is 0.0400 e. The summed E-state index contributed by atoms with van der Waals surface area (Å²) in [5.74, 6) is 0. The summed E-state index contributed by atoms with van der Waals surface area (Å²) >= 11 is 3.49. The van der Waals surface area contributed by atoms with Crippen LogP contribution in [0.2, 0.25) is 0 Å². The van der Waals surface area contributed by atoms with E-state index >= 15 is 0 Å². The molecule has 1 fully saturated rings. The molecule has 1 unspecified atom stereocenters. The Labute approximate surface area is 182 Å². The number of halogens is 1. The van der Waals surface area contributed by atoms with Gasteiger partial charge in [-0.25, -0.2) is 0 Å². The van der Waals surface area contributed by atoms with Crippen LogP contribution in [0.4, 0.5) is 11.4 Å². The highest BCUT2D eigenvalue weighted by Crippen LogP contribution is 2.25. The van der Waals surface area contributed by atoms with Crippen molar-refractivity contribution >= 4 is 27.3 Å². The fraction of sp³-hybridized carbons (Fsp3) is 0.280. The summed E-state index contributed by atoms with van der Waals surface area (Å²) < 4.78 is 1.11. The van der Waals surface area contributed by atoms with Crippen LogP contribution >= 0.6 is 15.9 Å². The Morgan fingerprint density at radius 3 is 2.10 bits per heavy atom. The zero-order chi connectivity index (χ0) is 20.2. The molecule has 1 aliphatic heterocycles. The number of rotatable bonds is 6. The third-order valence-corrected chi connectivity index (χ3v) is 6.28. The van der Waals surface area contributed by atoms with E-state index in [1.165, 1.54) is 28.8 Å². The second-order valence-electron chi connectivity index (χ2n) is 7.96. The van der Waals surface area contributed by atoms with Crippen molar-refractivity contribution in [2.75, 3.05) is 37.4 Å². The Kier molecular flexibility index (Phi) is 6.22. The van der Waals surface area contributed by atoms with Gasteiger partial charge in [-0.3, -0.25) is 0 Å². The van der Waals surface area contributed by atoms with E-state index in [1.54, 1.807) is 0 Å². The first-order valence-electron chi connectivity index (χ1n) is 10.2. The molecule has 1 atom stereocenters. The average Bonchev–Trinajstić information content (AvgIpc) is 3.24. The van der Waals surface area contributed by atoms with Crippen LogP contribution in [-0.4, -0.2) is 38.1 Å². The molecule has 0 aromatic heterocycles. The lowest BCUT2D eigenvalue weighted by Crippen LogP contribution is -2.31. The molecular weight excluding hydrogens is 422 g/mol. The molecule has 4 rings (SSSR count). The van der Waals surface area contributed by atoms with Crippen molar-refractivity contribution in [2.24, 2.45) is 0 Å². The van der Waals surface area contributed by atoms with E-state index in [1.807, 2.05) is 0 Å². The largest absolute Gasteiger partial charge is 0.381 e. The van der Waals surface area contributed by atoms with Crippen molar-refractivity contribution in [1.82, 2.24) is 4.90 Å². The smallest absolute Gasteiger partial charge is 0.0400 e. The number of hydrogen-bond acceptors (Lipinski definition) is 3. The third-order valence-electron chi connectivity index (χ3n) is 5.75. The lowest BCUT2D eigenvalue weighted by atomic mass is 10.0. The van der Waals surface area contributed by atoms with Crippen molar-refractivity contribution in [1.29, 1.82) is 0 Å². The zero-order valence-electron chi connectivity index (χ0n) is 17.1. The topological polar surface area (TPSA) is 18.5 Å². The number of likely N-dealkylation sites (N-methyl/N-ethyl adjacent to an activating group) is 1. The highest BCUT2D eigenvalue weighted by Gasteiger charge is 2.23. The van der Waals surface area contributed by atoms with Crippen molar-refractivity contribution in [3.05, 3.63) is 82.8 Å². The number of hydrogen-bond donors (Lipinski definition) is 1. The Hall–Kier alpha value is -2.30. The molecule has 1 N–H and O–H groups in total. The minimum atomic E-state index is 0.660. The van der Waals surface area contributed by atoms with Gasteiger partial charge in [0.05, 0.1) is 0 Å². The molecule has 0 spiro atoms. The molecule has 0 saturated carbocycles. The molecule has 0 amide bonds. The molecule has 29 heavy (non-hydrogen) atoms. The Bertz CT molecular complexity index is 918. The summed E-state index contributed by atoms with van der Waals surface area (Å²) in [5, 5.41) is 3.54. The van der Waals surface area contributed by atoms with E-state index in [2.05, 4.69) is 118 Å². The number of nitrogens with zero attached hydrogens (tertiary/aromatic N) is 2. The predicted molar refractivity (Wildman–Crippen MR) is 128 cm³/mol. The van der Waals surface area contributed by atoms with Crippen molar-refractivity contribution in [3.63, 3.8) is 0 Å². The van der Waals surface area contributed by atoms with Crippen LogP contribution in [0.15, 0.2) is 77.3 Å². The van der Waals surface area contributed by atoms with Gasteiger partial charge >= 0.3 is 0 Å². The van der Waals surface area contributed by atoms with Gasteiger partial charge in [0.25, 0.3) is 0 Å². The van der Waals surface area contributed by atoms with E-state index in [0.717, 1.165) is 29.8 Å². The molecule has 3 aromatic carbocycles. The summed E-state index contributed by atoms with van der Waals surface area (Å²) in [6.45, 7) is 3.08. The van der Waals surface area contributed by atoms with Crippen LogP contribution in [0.25, 0.3) is 11.1 Å². The van der Waals surface area contributed by atoms with E-state index in [4.69, 9.17) is 0 Å². The fourth-order valence-corrected chi connectivity index (χ4v) is 4.11. The standard InChI is InChI=1S/C25H28BrN3/c1-28(2)25-15-16-29(18-25)24-13-11-23(12-14-24)27-17-19-3-5-20(6-4-19)21-7-9-22(26)10-8-21/h3-14,25,27H,15-18H2,1-2H3. The van der Waals surface area contributed by atoms with Crippen LogP contribution in [0.1, 0.15) is 12.0 Å². The van der Waals surface area contributed by atoms with Gasteiger partial charge in [0, 0.05) is 41.5 Å². The quantitative estimate of drug-likeness (QED) is 0.507. The van der Waals surface area contributed by atoms with E-state index < -0.39 is 0 Å². The maximum atomic E-state index is 3.54. The van der Waals surface area contributed by atoms with Crippen molar-refractivity contribution < 1.29 is 0 Å². The van der Waals surface area contributed by atoms with Gasteiger partial charge < -0.3 is 15.1 Å².